The molecule has 0 unspecified atom stereocenters. The Morgan fingerprint density at radius 3 is 2.60 bits per heavy atom. The van der Waals surface area contributed by atoms with Crippen molar-refractivity contribution >= 4 is 24.4 Å². The second-order valence-corrected chi connectivity index (χ2v) is 3.07. The first-order valence-electron chi connectivity index (χ1n) is 4.47. The number of rotatable bonds is 2. The number of carbonyl (C=O) groups is 1. The zero-order chi connectivity index (χ0) is 10.7. The Bertz CT molecular complexity index is 496. The molecule has 0 spiro atoms. The van der Waals surface area contributed by atoms with Gasteiger partial charge in [-0.1, -0.05) is 30.3 Å². The highest BCUT2D eigenvalue weighted by Crippen LogP contribution is 2.15. The van der Waals surface area contributed by atoms with E-state index >= 15 is 0 Å². The predicted molar refractivity (Wildman–Crippen MR) is 57.3 cm³/mol. The summed E-state index contributed by atoms with van der Waals surface area (Å²) in [4.78, 5) is 11.3. The van der Waals surface area contributed by atoms with E-state index in [0.29, 0.717) is 13.2 Å². The molecule has 0 saturated carbocycles. The van der Waals surface area contributed by atoms with Crippen LogP contribution in [0.25, 0.3) is 10.8 Å². The Morgan fingerprint density at radius 1 is 1.13 bits per heavy atom. The molecule has 4 heteroatoms. The maximum absolute atomic E-state index is 11.3. The quantitative estimate of drug-likeness (QED) is 0.745. The molecular weight excluding hydrogens is 191 g/mol. The number of hydrogen-bond acceptors (Lipinski definition) is 3. The average molecular weight is 199 g/mol. The second-order valence-electron chi connectivity index (χ2n) is 3.07. The van der Waals surface area contributed by atoms with E-state index in [1.807, 2.05) is 30.3 Å². The lowest BCUT2D eigenvalue weighted by Crippen LogP contribution is -2.08. The molecule has 2 rings (SSSR count). The molecule has 0 aliphatic heterocycles. The van der Waals surface area contributed by atoms with Crippen LogP contribution in [0.1, 0.15) is 10.4 Å². The van der Waals surface area contributed by atoms with Gasteiger partial charge in [0.15, 0.2) is 0 Å². The Balaban J connectivity index is 2.42. The first-order valence-corrected chi connectivity index (χ1v) is 4.47. The molecule has 2 aromatic carbocycles. The van der Waals surface area contributed by atoms with Crippen molar-refractivity contribution in [3.63, 3.8) is 0 Å². The Morgan fingerprint density at radius 2 is 1.87 bits per heavy atom. The molecule has 2 aromatic rings. The predicted octanol–water partition coefficient (Wildman–Crippen LogP) is 1.52. The van der Waals surface area contributed by atoms with E-state index in [1.54, 1.807) is 12.1 Å². The van der Waals surface area contributed by atoms with Gasteiger partial charge in [-0.3, -0.25) is 0 Å². The number of hydrogen-bond donors (Lipinski definition) is 1. The van der Waals surface area contributed by atoms with Crippen LogP contribution in [-0.2, 0) is 4.65 Å². The number of fused-ring (bicyclic) bond motifs is 1. The van der Waals surface area contributed by atoms with Gasteiger partial charge in [-0.25, -0.2) is 4.79 Å². The minimum atomic E-state index is -0.566. The van der Waals surface area contributed by atoms with E-state index in [9.17, 15) is 4.79 Å². The number of benzene rings is 2. The third-order valence-corrected chi connectivity index (χ3v) is 2.14. The van der Waals surface area contributed by atoms with E-state index in [1.165, 1.54) is 0 Å². The maximum Gasteiger partial charge on any atom is 0.571 e. The fourth-order valence-electron chi connectivity index (χ4n) is 1.43. The van der Waals surface area contributed by atoms with Gasteiger partial charge in [0.2, 0.25) is 0 Å². The van der Waals surface area contributed by atoms with Crippen LogP contribution in [-0.4, -0.2) is 18.7 Å². The van der Waals surface area contributed by atoms with Crippen LogP contribution in [0.4, 0.5) is 0 Å². The van der Waals surface area contributed by atoms with E-state index < -0.39 is 5.97 Å². The van der Waals surface area contributed by atoms with E-state index in [2.05, 4.69) is 4.65 Å². The maximum atomic E-state index is 11.3. The Hall–Kier alpha value is -1.81. The highest BCUT2D eigenvalue weighted by Gasteiger charge is 2.07. The van der Waals surface area contributed by atoms with Crippen molar-refractivity contribution in [2.75, 3.05) is 0 Å². The fourth-order valence-corrected chi connectivity index (χ4v) is 1.43. The Kier molecular flexibility index (Phi) is 2.69. The van der Waals surface area contributed by atoms with Crippen LogP contribution < -0.4 is 0 Å². The molecule has 0 bridgehead atoms. The van der Waals surface area contributed by atoms with Gasteiger partial charge in [0.25, 0.3) is 0 Å². The lowest BCUT2D eigenvalue weighted by Gasteiger charge is -2.02. The van der Waals surface area contributed by atoms with Crippen LogP contribution in [0.3, 0.4) is 0 Å². The van der Waals surface area contributed by atoms with E-state index in [0.717, 1.165) is 10.8 Å². The van der Waals surface area contributed by atoms with Gasteiger partial charge >= 0.3 is 13.7 Å². The molecule has 1 radical (unpaired) electrons. The topological polar surface area (TPSA) is 46.5 Å². The molecule has 0 aliphatic rings. The zero-order valence-corrected chi connectivity index (χ0v) is 7.88. The summed E-state index contributed by atoms with van der Waals surface area (Å²) in [5.74, 6) is -0.566. The summed E-state index contributed by atoms with van der Waals surface area (Å²) in [6, 6.07) is 12.9. The molecule has 15 heavy (non-hydrogen) atoms. The normalized spacial score (nSPS) is 9.93. The summed E-state index contributed by atoms with van der Waals surface area (Å²) in [6.45, 7) is 0. The third-order valence-electron chi connectivity index (χ3n) is 2.14. The van der Waals surface area contributed by atoms with Gasteiger partial charge in [0.1, 0.15) is 0 Å². The molecule has 0 heterocycles. The van der Waals surface area contributed by atoms with Gasteiger partial charge in [-0.2, -0.15) is 0 Å². The Labute approximate surface area is 87.6 Å². The molecule has 73 valence electrons. The highest BCUT2D eigenvalue weighted by atomic mass is 16.6. The van der Waals surface area contributed by atoms with Crippen LogP contribution in [0.5, 0.6) is 0 Å². The second kappa shape index (κ2) is 4.15. The first-order chi connectivity index (χ1) is 7.31. The van der Waals surface area contributed by atoms with Crippen molar-refractivity contribution in [2.45, 2.75) is 0 Å². The molecule has 0 amide bonds. The minimum Gasteiger partial charge on any atom is -0.507 e. The van der Waals surface area contributed by atoms with Crippen LogP contribution in [0.2, 0.25) is 0 Å². The van der Waals surface area contributed by atoms with Crippen molar-refractivity contribution in [3.8, 4) is 0 Å². The molecule has 0 fully saturated rings. The zero-order valence-electron chi connectivity index (χ0n) is 7.88. The van der Waals surface area contributed by atoms with Gasteiger partial charge in [0.05, 0.1) is 5.56 Å². The molecule has 0 saturated heterocycles. The van der Waals surface area contributed by atoms with Crippen molar-refractivity contribution in [3.05, 3.63) is 48.0 Å². The monoisotopic (exact) mass is 199 g/mol. The van der Waals surface area contributed by atoms with Crippen molar-refractivity contribution in [1.29, 1.82) is 0 Å². The highest BCUT2D eigenvalue weighted by molar-refractivity contribution is 6.22. The molecule has 3 nitrogen and oxygen atoms in total. The van der Waals surface area contributed by atoms with Crippen molar-refractivity contribution in [1.82, 2.24) is 0 Å². The standard InChI is InChI=1S/C11H8BO3/c13-11(15-12-14)10-6-5-8-3-1-2-4-9(8)7-10/h1-7,14H. The summed E-state index contributed by atoms with van der Waals surface area (Å²) in [5.41, 5.74) is 0.416. The minimum absolute atomic E-state index is 0.386. The molecule has 0 atom stereocenters. The average Bonchev–Trinajstić information content (AvgIpc) is 2.29. The van der Waals surface area contributed by atoms with Crippen LogP contribution in [0.15, 0.2) is 42.5 Å². The summed E-state index contributed by atoms with van der Waals surface area (Å²) in [7, 11) is 0.386. The van der Waals surface area contributed by atoms with Crippen LogP contribution >= 0.6 is 0 Å². The lowest BCUT2D eigenvalue weighted by atomic mass is 10.1. The number of carbonyl (C=O) groups excluding carboxylic acids is 1. The molecule has 0 aromatic heterocycles. The molecule has 0 aliphatic carbocycles. The fraction of sp³-hybridized carbons (Fsp3) is 0. The summed E-state index contributed by atoms with van der Waals surface area (Å²) in [5, 5.41) is 10.4. The summed E-state index contributed by atoms with van der Waals surface area (Å²) >= 11 is 0. The summed E-state index contributed by atoms with van der Waals surface area (Å²) < 4.78 is 4.37. The van der Waals surface area contributed by atoms with Gasteiger partial charge in [-0.05, 0) is 22.9 Å². The summed E-state index contributed by atoms with van der Waals surface area (Å²) in [6.07, 6.45) is 0. The molecular formula is C11H8BO3. The molecule has 1 N–H and O–H groups in total. The van der Waals surface area contributed by atoms with Crippen molar-refractivity contribution in [2.24, 2.45) is 0 Å². The van der Waals surface area contributed by atoms with Gasteiger partial charge < -0.3 is 9.68 Å². The lowest BCUT2D eigenvalue weighted by molar-refractivity contribution is 0.0719. The largest absolute Gasteiger partial charge is 0.571 e. The van der Waals surface area contributed by atoms with E-state index in [-0.39, 0.29) is 0 Å². The van der Waals surface area contributed by atoms with Crippen LogP contribution in [0, 0.1) is 0 Å². The van der Waals surface area contributed by atoms with Gasteiger partial charge in [-0.15, -0.1) is 0 Å². The van der Waals surface area contributed by atoms with E-state index in [4.69, 9.17) is 5.02 Å². The smallest absolute Gasteiger partial charge is 0.507 e. The van der Waals surface area contributed by atoms with Crippen molar-refractivity contribution < 1.29 is 14.5 Å². The third kappa shape index (κ3) is 2.00. The van der Waals surface area contributed by atoms with Gasteiger partial charge in [0, 0.05) is 0 Å². The SMILES string of the molecule is O=C(O[B]O)c1ccc2ccccc2c1. The first kappa shape index (κ1) is 9.74.